The van der Waals surface area contributed by atoms with Crippen LogP contribution < -0.4 is 0 Å². The minimum atomic E-state index is -6.85. The summed E-state index contributed by atoms with van der Waals surface area (Å²) in [5.41, 5.74) is -6.25. The van der Waals surface area contributed by atoms with E-state index in [1.54, 1.807) is 0 Å². The van der Waals surface area contributed by atoms with Gasteiger partial charge in [-0.05, 0) is 36.4 Å². The summed E-state index contributed by atoms with van der Waals surface area (Å²) in [6, 6.07) is 4.23. The maximum Gasteiger partial charge on any atom is 0.499 e. The zero-order chi connectivity index (χ0) is 23.3. The van der Waals surface area contributed by atoms with Gasteiger partial charge in [0.05, 0.1) is 9.79 Å². The van der Waals surface area contributed by atoms with Crippen LogP contribution in [0.3, 0.4) is 0 Å². The fourth-order valence-corrected chi connectivity index (χ4v) is 11.3. The average Bonchev–Trinajstić information content (AvgIpc) is 2.51. The predicted octanol–water partition coefficient (Wildman–Crippen LogP) is 4.77. The zero-order valence-electron chi connectivity index (χ0n) is 13.9. The van der Waals surface area contributed by atoms with Gasteiger partial charge in [-0.1, -0.05) is 46.4 Å². The summed E-state index contributed by atoms with van der Waals surface area (Å²) in [7, 11) is -18.4. The second-order valence-electron chi connectivity index (χ2n) is 5.58. The Labute approximate surface area is 189 Å². The smallest absolute Gasteiger partial charge is 0.221 e. The van der Waals surface area contributed by atoms with Crippen molar-refractivity contribution in [3.63, 3.8) is 0 Å². The number of benzene rings is 2. The summed E-state index contributed by atoms with van der Waals surface area (Å²) in [6.07, 6.45) is 0. The van der Waals surface area contributed by atoms with E-state index >= 15 is 0 Å². The maximum absolute atomic E-state index is 13.3. The second-order valence-corrected chi connectivity index (χ2v) is 14.3. The third kappa shape index (κ3) is 4.84. The Kier molecular flexibility index (Phi) is 7.06. The minimum Gasteiger partial charge on any atom is -0.221 e. The molecule has 2 rings (SSSR count). The summed E-state index contributed by atoms with van der Waals surface area (Å²) in [4.78, 5) is -2.32. The first-order valence-electron chi connectivity index (χ1n) is 7.11. The fourth-order valence-electron chi connectivity index (χ4n) is 2.22. The first-order chi connectivity index (χ1) is 13.4. The highest BCUT2D eigenvalue weighted by Crippen LogP contribution is 2.39. The maximum atomic E-state index is 13.3. The number of alkyl halides is 3. The van der Waals surface area contributed by atoms with E-state index in [9.17, 15) is 38.4 Å². The number of hydrogen-bond acceptors (Lipinski definition) is 6. The number of hydrogen-bond donors (Lipinski definition) is 0. The van der Waals surface area contributed by atoms with Crippen LogP contribution in [0.2, 0.25) is 20.1 Å². The lowest BCUT2D eigenvalue weighted by Gasteiger charge is -2.20. The Morgan fingerprint density at radius 2 is 0.867 bits per heavy atom. The molecule has 0 saturated carbocycles. The van der Waals surface area contributed by atoms with Gasteiger partial charge >= 0.3 is 5.51 Å². The van der Waals surface area contributed by atoms with Gasteiger partial charge in [0.25, 0.3) is 13.8 Å². The molecule has 0 aliphatic carbocycles. The summed E-state index contributed by atoms with van der Waals surface area (Å²) in [6.45, 7) is 0. The van der Waals surface area contributed by atoms with E-state index in [2.05, 4.69) is 0 Å². The molecular formula is C14H7Cl4F3O6S3. The van der Waals surface area contributed by atoms with Gasteiger partial charge in [0.2, 0.25) is 19.7 Å². The van der Waals surface area contributed by atoms with Crippen LogP contribution in [0.15, 0.2) is 46.2 Å². The molecule has 2 aromatic carbocycles. The quantitative estimate of drug-likeness (QED) is 0.517. The third-order valence-electron chi connectivity index (χ3n) is 3.41. The van der Waals surface area contributed by atoms with Crippen LogP contribution in [0.1, 0.15) is 0 Å². The standard InChI is InChI=1S/C14H7Cl4F3O6S3/c15-7-1-8(16)4-11(3-7)28(22,23)13(30(26,27)14(19,20)21)29(24,25)12-5-9(17)2-10(18)6-12/h1-6,13H. The van der Waals surface area contributed by atoms with Gasteiger partial charge in [0.15, 0.2) is 0 Å². The van der Waals surface area contributed by atoms with E-state index in [1.165, 1.54) is 0 Å². The molecule has 6 nitrogen and oxygen atoms in total. The molecule has 0 amide bonds. The van der Waals surface area contributed by atoms with Crippen LogP contribution in [0.5, 0.6) is 0 Å². The fraction of sp³-hybridized carbons (Fsp3) is 0.143. The molecule has 0 fully saturated rings. The van der Waals surface area contributed by atoms with Crippen molar-refractivity contribution in [2.75, 3.05) is 0 Å². The summed E-state index contributed by atoms with van der Waals surface area (Å²) < 4.78 is 112. The van der Waals surface area contributed by atoms with E-state index in [1.807, 2.05) is 0 Å². The normalized spacial score (nSPS) is 13.6. The van der Waals surface area contributed by atoms with Crippen molar-refractivity contribution in [3.05, 3.63) is 56.5 Å². The third-order valence-corrected chi connectivity index (χ3v) is 12.8. The molecule has 2 aromatic rings. The van der Waals surface area contributed by atoms with E-state index < -0.39 is 68.8 Å². The molecule has 0 aromatic heterocycles. The summed E-state index contributed by atoms with van der Waals surface area (Å²) in [5.74, 6) is 0. The highest BCUT2D eigenvalue weighted by Gasteiger charge is 2.62. The number of halogens is 7. The van der Waals surface area contributed by atoms with E-state index in [0.29, 0.717) is 24.3 Å². The van der Waals surface area contributed by atoms with Crippen molar-refractivity contribution in [2.45, 2.75) is 19.2 Å². The monoisotopic (exact) mass is 564 g/mol. The molecule has 0 N–H and O–H groups in total. The van der Waals surface area contributed by atoms with Gasteiger partial charge in [-0.3, -0.25) is 0 Å². The van der Waals surface area contributed by atoms with E-state index in [4.69, 9.17) is 46.4 Å². The van der Waals surface area contributed by atoms with E-state index in [0.717, 1.165) is 12.1 Å². The summed E-state index contributed by atoms with van der Waals surface area (Å²) >= 11 is 22.5. The molecule has 16 heteroatoms. The average molecular weight is 566 g/mol. The topological polar surface area (TPSA) is 102 Å². The van der Waals surface area contributed by atoms with Crippen LogP contribution in [0, 0.1) is 0 Å². The molecule has 0 heterocycles. The zero-order valence-corrected chi connectivity index (χ0v) is 19.3. The molecule has 0 aliphatic rings. The lowest BCUT2D eigenvalue weighted by atomic mass is 10.4. The molecule has 0 bridgehead atoms. The Balaban J connectivity index is 2.96. The minimum absolute atomic E-state index is 0.396. The van der Waals surface area contributed by atoms with Crippen molar-refractivity contribution in [3.8, 4) is 0 Å². The Morgan fingerprint density at radius 3 is 1.10 bits per heavy atom. The van der Waals surface area contributed by atoms with Crippen molar-refractivity contribution in [2.24, 2.45) is 0 Å². The lowest BCUT2D eigenvalue weighted by Crippen LogP contribution is -2.44. The Morgan fingerprint density at radius 1 is 0.600 bits per heavy atom. The van der Waals surface area contributed by atoms with Crippen molar-refractivity contribution >= 4 is 75.9 Å². The van der Waals surface area contributed by atoms with Crippen LogP contribution in [0.25, 0.3) is 0 Å². The van der Waals surface area contributed by atoms with Gasteiger partial charge in [0.1, 0.15) is 0 Å². The SMILES string of the molecule is O=S(=O)(c1cc(Cl)cc(Cl)c1)C(S(=O)(=O)c1cc(Cl)cc(Cl)c1)S(=O)(=O)C(F)(F)F. The molecule has 166 valence electrons. The predicted molar refractivity (Wildman–Crippen MR) is 106 cm³/mol. The summed E-state index contributed by atoms with van der Waals surface area (Å²) in [5, 5.41) is -1.58. The van der Waals surface area contributed by atoms with Gasteiger partial charge in [-0.25, -0.2) is 25.3 Å². The van der Waals surface area contributed by atoms with Gasteiger partial charge in [-0.15, -0.1) is 0 Å². The van der Waals surface area contributed by atoms with Crippen LogP contribution in [0.4, 0.5) is 13.2 Å². The Hall–Kier alpha value is -0.760. The van der Waals surface area contributed by atoms with E-state index in [-0.39, 0.29) is 0 Å². The first-order valence-corrected chi connectivity index (χ1v) is 13.3. The van der Waals surface area contributed by atoms with Crippen LogP contribution >= 0.6 is 46.4 Å². The van der Waals surface area contributed by atoms with Crippen molar-refractivity contribution < 1.29 is 38.4 Å². The second kappa shape index (κ2) is 8.30. The van der Waals surface area contributed by atoms with Crippen LogP contribution in [-0.2, 0) is 29.5 Å². The molecule has 30 heavy (non-hydrogen) atoms. The number of rotatable bonds is 5. The van der Waals surface area contributed by atoms with Crippen molar-refractivity contribution in [1.29, 1.82) is 0 Å². The number of sulfone groups is 3. The largest absolute Gasteiger partial charge is 0.499 e. The molecule has 0 saturated heterocycles. The molecule has 0 atom stereocenters. The van der Waals surface area contributed by atoms with Gasteiger partial charge < -0.3 is 0 Å². The van der Waals surface area contributed by atoms with Crippen LogP contribution in [-0.4, -0.2) is 34.7 Å². The van der Waals surface area contributed by atoms with Gasteiger partial charge in [0, 0.05) is 20.1 Å². The highest BCUT2D eigenvalue weighted by molar-refractivity contribution is 8.24. The first kappa shape index (κ1) is 25.5. The Bertz CT molecular complexity index is 1200. The highest BCUT2D eigenvalue weighted by atomic mass is 35.5. The molecular weight excluding hydrogens is 559 g/mol. The molecule has 0 unspecified atom stereocenters. The lowest BCUT2D eigenvalue weighted by molar-refractivity contribution is -0.0434. The molecule has 0 spiro atoms. The molecule has 0 radical (unpaired) electrons. The molecule has 0 aliphatic heterocycles. The van der Waals surface area contributed by atoms with Crippen molar-refractivity contribution in [1.82, 2.24) is 0 Å². The van der Waals surface area contributed by atoms with Gasteiger partial charge in [-0.2, -0.15) is 13.2 Å².